The van der Waals surface area contributed by atoms with Crippen LogP contribution in [0.1, 0.15) is 51.6 Å². The van der Waals surface area contributed by atoms with Crippen LogP contribution in [0.15, 0.2) is 24.3 Å². The molecule has 2 N–H and O–H groups in total. The van der Waals surface area contributed by atoms with Crippen LogP contribution in [-0.4, -0.2) is 65.7 Å². The number of benzene rings is 1. The Hall–Kier alpha value is -2.28. The summed E-state index contributed by atoms with van der Waals surface area (Å²) in [6, 6.07) is 7.88. The molecule has 0 bridgehead atoms. The van der Waals surface area contributed by atoms with E-state index in [9.17, 15) is 9.59 Å². The van der Waals surface area contributed by atoms with Gasteiger partial charge in [0.2, 0.25) is 0 Å². The van der Waals surface area contributed by atoms with Crippen molar-refractivity contribution < 1.29 is 19.4 Å². The van der Waals surface area contributed by atoms with Gasteiger partial charge >= 0.3 is 12.0 Å². The van der Waals surface area contributed by atoms with Crippen LogP contribution < -0.4 is 10.1 Å². The highest BCUT2D eigenvalue weighted by atomic mass is 16.5. The van der Waals surface area contributed by atoms with Gasteiger partial charge in [0, 0.05) is 19.1 Å². The Morgan fingerprint density at radius 3 is 2.43 bits per heavy atom. The zero-order chi connectivity index (χ0) is 20.5. The lowest BCUT2D eigenvalue weighted by atomic mass is 10.0. The van der Waals surface area contributed by atoms with Crippen LogP contribution in [-0.2, 0) is 4.79 Å². The molecule has 0 aliphatic carbocycles. The van der Waals surface area contributed by atoms with Gasteiger partial charge < -0.3 is 20.1 Å². The summed E-state index contributed by atoms with van der Waals surface area (Å²) >= 11 is 0. The number of amides is 2. The fourth-order valence-corrected chi connectivity index (χ4v) is 3.54. The minimum absolute atomic E-state index is 0.0579. The molecule has 7 heteroatoms. The highest BCUT2D eigenvalue weighted by Gasteiger charge is 2.27. The maximum absolute atomic E-state index is 12.6. The first-order valence-corrected chi connectivity index (χ1v) is 10.2. The molecule has 1 aromatic rings. The third-order valence-corrected chi connectivity index (χ3v) is 5.21. The second-order valence-corrected chi connectivity index (χ2v) is 7.26. The summed E-state index contributed by atoms with van der Waals surface area (Å²) < 4.78 is 5.59. The molecule has 0 radical (unpaired) electrons. The summed E-state index contributed by atoms with van der Waals surface area (Å²) in [5.41, 5.74) is 1.03. The summed E-state index contributed by atoms with van der Waals surface area (Å²) in [4.78, 5) is 27.4. The summed E-state index contributed by atoms with van der Waals surface area (Å²) in [7, 11) is 0. The van der Waals surface area contributed by atoms with Gasteiger partial charge in [-0.05, 0) is 50.4 Å². The molecule has 1 atom stereocenters. The molecule has 1 aromatic carbocycles. The Bertz CT molecular complexity index is 627. The lowest BCUT2D eigenvalue weighted by molar-refractivity contribution is -0.139. The molecule has 1 heterocycles. The van der Waals surface area contributed by atoms with Gasteiger partial charge in [0.1, 0.15) is 5.75 Å². The van der Waals surface area contributed by atoms with E-state index >= 15 is 0 Å². The van der Waals surface area contributed by atoms with Gasteiger partial charge in [0.15, 0.2) is 0 Å². The molecule has 7 nitrogen and oxygen atoms in total. The van der Waals surface area contributed by atoms with E-state index in [1.165, 1.54) is 0 Å². The molecule has 0 saturated carbocycles. The van der Waals surface area contributed by atoms with Gasteiger partial charge in [0.05, 0.1) is 19.2 Å². The van der Waals surface area contributed by atoms with Crippen molar-refractivity contribution in [3.8, 4) is 5.75 Å². The van der Waals surface area contributed by atoms with Crippen LogP contribution in [0, 0.1) is 0 Å². The summed E-state index contributed by atoms with van der Waals surface area (Å²) in [5, 5.41) is 12.1. The van der Waals surface area contributed by atoms with Crippen LogP contribution in [0.25, 0.3) is 0 Å². The molecule has 0 aromatic heterocycles. The number of piperidine rings is 1. The van der Waals surface area contributed by atoms with E-state index in [0.717, 1.165) is 30.6 Å². The van der Waals surface area contributed by atoms with Gasteiger partial charge in [-0.2, -0.15) is 0 Å². The topological polar surface area (TPSA) is 82.1 Å². The maximum Gasteiger partial charge on any atom is 0.317 e. The number of carboxylic acids is 1. The first kappa shape index (κ1) is 22.0. The molecule has 28 heavy (non-hydrogen) atoms. The molecule has 1 aliphatic heterocycles. The van der Waals surface area contributed by atoms with Gasteiger partial charge in [-0.3, -0.25) is 9.69 Å². The Morgan fingerprint density at radius 2 is 1.89 bits per heavy atom. The normalized spacial score (nSPS) is 16.1. The molecule has 2 amide bonds. The zero-order valence-corrected chi connectivity index (χ0v) is 17.2. The molecule has 2 rings (SSSR count). The minimum Gasteiger partial charge on any atom is -0.494 e. The first-order chi connectivity index (χ1) is 13.4. The number of carbonyl (C=O) groups is 2. The predicted octanol–water partition coefficient (Wildman–Crippen LogP) is 3.12. The number of carbonyl (C=O) groups excluding carboxylic acids is 1. The van der Waals surface area contributed by atoms with E-state index in [0.29, 0.717) is 26.2 Å². The molecular weight excluding hydrogens is 358 g/mol. The van der Waals surface area contributed by atoms with E-state index in [1.54, 1.807) is 0 Å². The maximum atomic E-state index is 12.6. The van der Waals surface area contributed by atoms with Crippen molar-refractivity contribution in [1.82, 2.24) is 15.1 Å². The number of likely N-dealkylation sites (N-methyl/N-ethyl adjacent to an activating group) is 1. The quantitative estimate of drug-likeness (QED) is 0.676. The second-order valence-electron chi connectivity index (χ2n) is 7.26. The third-order valence-electron chi connectivity index (χ3n) is 5.21. The van der Waals surface area contributed by atoms with Crippen LogP contribution in [0.3, 0.4) is 0 Å². The van der Waals surface area contributed by atoms with Crippen molar-refractivity contribution in [1.29, 1.82) is 0 Å². The number of ether oxygens (including phenoxy) is 1. The van der Waals surface area contributed by atoms with Crippen LogP contribution >= 0.6 is 0 Å². The van der Waals surface area contributed by atoms with Crippen molar-refractivity contribution in [3.63, 3.8) is 0 Å². The zero-order valence-electron chi connectivity index (χ0n) is 17.2. The molecule has 1 fully saturated rings. The summed E-state index contributed by atoms with van der Waals surface area (Å²) in [6.45, 7) is 8.76. The van der Waals surface area contributed by atoms with E-state index in [2.05, 4.69) is 12.2 Å². The number of urea groups is 1. The second kappa shape index (κ2) is 10.9. The van der Waals surface area contributed by atoms with E-state index in [4.69, 9.17) is 9.84 Å². The molecule has 1 unspecified atom stereocenters. The van der Waals surface area contributed by atoms with Crippen molar-refractivity contribution in [3.05, 3.63) is 29.8 Å². The lowest BCUT2D eigenvalue weighted by Crippen LogP contribution is -2.50. The smallest absolute Gasteiger partial charge is 0.317 e. The SMILES string of the molecule is CCCOc1ccc(C(C)NC(=O)N2CCC(N(CC)CC(=O)O)CC2)cc1. The van der Waals surface area contributed by atoms with E-state index in [1.807, 2.05) is 47.9 Å². The van der Waals surface area contributed by atoms with Crippen LogP contribution in [0.2, 0.25) is 0 Å². The number of hydrogen-bond donors (Lipinski definition) is 2. The number of aliphatic carboxylic acids is 1. The summed E-state index contributed by atoms with van der Waals surface area (Å²) in [6.07, 6.45) is 2.57. The molecule has 0 spiro atoms. The van der Waals surface area contributed by atoms with Crippen LogP contribution in [0.5, 0.6) is 5.75 Å². The fourth-order valence-electron chi connectivity index (χ4n) is 3.54. The first-order valence-electron chi connectivity index (χ1n) is 10.2. The third kappa shape index (κ3) is 6.41. The number of hydrogen-bond acceptors (Lipinski definition) is 4. The Labute approximate surface area is 167 Å². The van der Waals surface area contributed by atoms with E-state index in [-0.39, 0.29) is 24.7 Å². The van der Waals surface area contributed by atoms with E-state index < -0.39 is 5.97 Å². The average Bonchev–Trinajstić information content (AvgIpc) is 2.70. The standard InChI is InChI=1S/C21H33N3O4/c1-4-14-28-19-8-6-17(7-9-19)16(3)22-21(27)24-12-10-18(11-13-24)23(5-2)15-20(25)26/h6-9,16,18H,4-5,10-15H2,1-3H3,(H,22,27)(H,25,26). The average molecular weight is 392 g/mol. The Kier molecular flexibility index (Phi) is 8.57. The fraction of sp³-hybridized carbons (Fsp3) is 0.619. The van der Waals surface area contributed by atoms with Crippen LogP contribution in [0.4, 0.5) is 4.79 Å². The highest BCUT2D eigenvalue weighted by molar-refractivity contribution is 5.74. The van der Waals surface area contributed by atoms with Crippen molar-refractivity contribution >= 4 is 12.0 Å². The van der Waals surface area contributed by atoms with Gasteiger partial charge in [-0.25, -0.2) is 4.79 Å². The number of nitrogens with zero attached hydrogens (tertiary/aromatic N) is 2. The number of nitrogens with one attached hydrogen (secondary N) is 1. The van der Waals surface area contributed by atoms with Crippen molar-refractivity contribution in [2.45, 2.75) is 52.1 Å². The lowest BCUT2D eigenvalue weighted by Gasteiger charge is -2.37. The monoisotopic (exact) mass is 391 g/mol. The highest BCUT2D eigenvalue weighted by Crippen LogP contribution is 2.20. The molecular formula is C21H33N3O4. The Balaban J connectivity index is 1.82. The van der Waals surface area contributed by atoms with Crippen molar-refractivity contribution in [2.24, 2.45) is 0 Å². The van der Waals surface area contributed by atoms with Gasteiger partial charge in [0.25, 0.3) is 0 Å². The van der Waals surface area contributed by atoms with Crippen molar-refractivity contribution in [2.75, 3.05) is 32.8 Å². The number of rotatable bonds is 9. The Morgan fingerprint density at radius 1 is 1.25 bits per heavy atom. The predicted molar refractivity (Wildman–Crippen MR) is 109 cm³/mol. The molecule has 156 valence electrons. The molecule has 1 aliphatic rings. The van der Waals surface area contributed by atoms with Gasteiger partial charge in [-0.1, -0.05) is 26.0 Å². The minimum atomic E-state index is -0.804. The largest absolute Gasteiger partial charge is 0.494 e. The van der Waals surface area contributed by atoms with Gasteiger partial charge in [-0.15, -0.1) is 0 Å². The number of likely N-dealkylation sites (tertiary alicyclic amines) is 1. The molecule has 1 saturated heterocycles. The summed E-state index contributed by atoms with van der Waals surface area (Å²) in [5.74, 6) is 0.0370. The number of carboxylic acid groups (broad SMARTS) is 1.